The van der Waals surface area contributed by atoms with E-state index in [0.29, 0.717) is 33.5 Å². The van der Waals surface area contributed by atoms with E-state index in [1.165, 1.54) is 4.57 Å². The summed E-state index contributed by atoms with van der Waals surface area (Å²) in [5.74, 6) is 6.73. The third kappa shape index (κ3) is 5.93. The minimum absolute atomic E-state index is 0.0440. The van der Waals surface area contributed by atoms with Crippen LogP contribution in [0.4, 0.5) is 5.82 Å². The topological polar surface area (TPSA) is 131 Å². The molecule has 47 heavy (non-hydrogen) atoms. The molecule has 5 aromatic rings. The number of aliphatic hydroxyl groups is 1. The normalized spacial score (nSPS) is 17.7. The van der Waals surface area contributed by atoms with E-state index in [1.807, 2.05) is 78.9 Å². The maximum atomic E-state index is 12.6. The van der Waals surface area contributed by atoms with Crippen molar-refractivity contribution in [3.63, 3.8) is 0 Å². The Kier molecular flexibility index (Phi) is 9.24. The second kappa shape index (κ2) is 13.7. The zero-order valence-corrected chi connectivity index (χ0v) is 26.0. The summed E-state index contributed by atoms with van der Waals surface area (Å²) < 4.78 is 26.2. The van der Waals surface area contributed by atoms with Crippen LogP contribution in [0.2, 0.25) is 0 Å². The van der Waals surface area contributed by atoms with E-state index in [4.69, 9.17) is 24.7 Å². The van der Waals surface area contributed by atoms with Gasteiger partial charge in [-0.15, -0.1) is 0 Å². The van der Waals surface area contributed by atoms with Gasteiger partial charge in [0.05, 0.1) is 33.5 Å². The molecule has 6 rings (SSSR count). The van der Waals surface area contributed by atoms with Gasteiger partial charge >= 0.3 is 5.82 Å². The van der Waals surface area contributed by atoms with Crippen LogP contribution in [0.3, 0.4) is 0 Å². The van der Waals surface area contributed by atoms with Gasteiger partial charge in [-0.25, -0.2) is 0 Å². The number of nitro groups is 1. The van der Waals surface area contributed by atoms with Crippen LogP contribution < -0.4 is 15.2 Å². The maximum Gasteiger partial charge on any atom is 0.342 e. The van der Waals surface area contributed by atoms with Gasteiger partial charge in [0.2, 0.25) is 6.23 Å². The number of methoxy groups -OCH3 is 2. The number of rotatable bonds is 10. The molecule has 1 aromatic heterocycles. The largest absolute Gasteiger partial charge is 0.497 e. The highest BCUT2D eigenvalue weighted by Gasteiger charge is 2.54. The van der Waals surface area contributed by atoms with E-state index >= 15 is 0 Å². The van der Waals surface area contributed by atoms with Gasteiger partial charge in [0.1, 0.15) is 34.3 Å². The van der Waals surface area contributed by atoms with Crippen molar-refractivity contribution in [2.24, 2.45) is 5.73 Å². The molecule has 0 spiro atoms. The van der Waals surface area contributed by atoms with E-state index in [1.54, 1.807) is 38.5 Å². The summed E-state index contributed by atoms with van der Waals surface area (Å²) in [4.78, 5) is 12.2. The van der Waals surface area contributed by atoms with Gasteiger partial charge in [0.25, 0.3) is 0 Å². The van der Waals surface area contributed by atoms with Crippen LogP contribution in [0.15, 0.2) is 103 Å². The van der Waals surface area contributed by atoms with Crippen LogP contribution in [0, 0.1) is 22.0 Å². The molecule has 0 bridgehead atoms. The molecule has 1 fully saturated rings. The second-order valence-electron chi connectivity index (χ2n) is 11.1. The number of ether oxygens (including phenoxy) is 4. The van der Waals surface area contributed by atoms with Gasteiger partial charge in [-0.3, -0.25) is 0 Å². The third-order valence-corrected chi connectivity index (χ3v) is 8.51. The number of aromatic nitrogens is 1. The number of nitrogens with zero attached hydrogens (tertiary/aromatic N) is 2. The molecule has 0 aliphatic carbocycles. The van der Waals surface area contributed by atoms with Crippen molar-refractivity contribution in [1.82, 2.24) is 4.57 Å². The number of aliphatic hydroxyl groups excluding tert-OH is 1. The summed E-state index contributed by atoms with van der Waals surface area (Å²) in [6, 6.07) is 31.7. The molecule has 10 heteroatoms. The van der Waals surface area contributed by atoms with E-state index in [9.17, 15) is 15.2 Å². The Balaban J connectivity index is 1.54. The molecule has 3 atom stereocenters. The van der Waals surface area contributed by atoms with E-state index in [-0.39, 0.29) is 31.0 Å². The molecule has 240 valence electrons. The quantitative estimate of drug-likeness (QED) is 0.114. The highest BCUT2D eigenvalue weighted by atomic mass is 16.6. The lowest BCUT2D eigenvalue weighted by atomic mass is 9.79. The first-order valence-corrected chi connectivity index (χ1v) is 15.2. The monoisotopic (exact) mass is 633 g/mol. The number of para-hydroxylation sites is 1. The lowest BCUT2D eigenvalue weighted by molar-refractivity contribution is -0.393. The van der Waals surface area contributed by atoms with E-state index in [0.717, 1.165) is 5.56 Å². The van der Waals surface area contributed by atoms with Gasteiger partial charge in [-0.05, 0) is 58.0 Å². The Bertz CT molecular complexity index is 1860. The minimum Gasteiger partial charge on any atom is -0.497 e. The lowest BCUT2D eigenvalue weighted by Crippen LogP contribution is -2.48. The standard InChI is InChI=1S/C37H35N3O7/c1-44-28-18-14-26(15-19-28)37(27-16-20-29(45-2)21-17-27,46-24-25-9-4-3-5-10-25)35-33(41)23-34(47-35)39-32-13-7-6-11-30(32)31(12-8-22-38)36(39)40(42)43/h3-7,9-11,13-21,33-35,41H,22-24,38H2,1-2H3. The predicted molar refractivity (Wildman–Crippen MR) is 177 cm³/mol. The van der Waals surface area contributed by atoms with Crippen LogP contribution in [-0.2, 0) is 21.7 Å². The summed E-state index contributed by atoms with van der Waals surface area (Å²) in [6.45, 7) is 0.226. The highest BCUT2D eigenvalue weighted by molar-refractivity contribution is 5.91. The number of fused-ring (bicyclic) bond motifs is 1. The van der Waals surface area contributed by atoms with Crippen molar-refractivity contribution in [2.45, 2.75) is 37.1 Å². The summed E-state index contributed by atoms with van der Waals surface area (Å²) in [5.41, 5.74) is 7.38. The Morgan fingerprint density at radius 2 is 1.53 bits per heavy atom. The molecular weight excluding hydrogens is 598 g/mol. The number of benzene rings is 4. The first-order chi connectivity index (χ1) is 22.9. The molecular formula is C37H35N3O7. The highest BCUT2D eigenvalue weighted by Crippen LogP contribution is 2.49. The SMILES string of the molecule is COc1ccc(C(OCc2ccccc2)(c2ccc(OC)cc2)C2OC(n3c([N+](=O)[O-])c(C#CCN)c4ccccc43)CC2O)cc1. The molecule has 3 N–H and O–H groups in total. The first-order valence-electron chi connectivity index (χ1n) is 15.2. The van der Waals surface area contributed by atoms with Crippen molar-refractivity contribution in [3.05, 3.63) is 135 Å². The van der Waals surface area contributed by atoms with Gasteiger partial charge in [0.15, 0.2) is 0 Å². The van der Waals surface area contributed by atoms with Crippen molar-refractivity contribution < 1.29 is 29.0 Å². The molecule has 0 radical (unpaired) electrons. The summed E-state index contributed by atoms with van der Waals surface area (Å²) in [6.07, 6.45) is -2.97. The fourth-order valence-corrected chi connectivity index (χ4v) is 6.35. The molecule has 1 aliphatic heterocycles. The molecule has 0 amide bonds. The predicted octanol–water partition coefficient (Wildman–Crippen LogP) is 5.69. The van der Waals surface area contributed by atoms with Crippen LogP contribution >= 0.6 is 0 Å². The number of hydrogen-bond acceptors (Lipinski definition) is 8. The Morgan fingerprint density at radius 3 is 2.11 bits per heavy atom. The molecule has 2 heterocycles. The molecule has 10 nitrogen and oxygen atoms in total. The van der Waals surface area contributed by atoms with Crippen molar-refractivity contribution in [2.75, 3.05) is 20.8 Å². The fourth-order valence-electron chi connectivity index (χ4n) is 6.35. The smallest absolute Gasteiger partial charge is 0.342 e. The zero-order valence-electron chi connectivity index (χ0n) is 26.0. The van der Waals surface area contributed by atoms with Crippen LogP contribution in [0.1, 0.15) is 34.9 Å². The van der Waals surface area contributed by atoms with E-state index < -0.39 is 29.0 Å². The van der Waals surface area contributed by atoms with Crippen molar-refractivity contribution >= 4 is 16.7 Å². The third-order valence-electron chi connectivity index (χ3n) is 8.51. The lowest BCUT2D eigenvalue weighted by Gasteiger charge is -2.40. The van der Waals surface area contributed by atoms with Crippen LogP contribution in [0.25, 0.3) is 10.9 Å². The minimum atomic E-state index is -1.37. The molecule has 3 unspecified atom stereocenters. The first kappa shape index (κ1) is 31.8. The Labute approximate surface area is 272 Å². The van der Waals surface area contributed by atoms with Crippen LogP contribution in [-0.4, -0.2) is 47.6 Å². The Hall–Kier alpha value is -5.18. The average molecular weight is 634 g/mol. The number of hydrogen-bond donors (Lipinski definition) is 2. The van der Waals surface area contributed by atoms with E-state index in [2.05, 4.69) is 11.8 Å². The Morgan fingerprint density at radius 1 is 0.936 bits per heavy atom. The fraction of sp³-hybridized carbons (Fsp3) is 0.243. The van der Waals surface area contributed by atoms with Crippen molar-refractivity contribution in [3.8, 4) is 23.3 Å². The summed E-state index contributed by atoms with van der Waals surface area (Å²) in [7, 11) is 3.18. The second-order valence-corrected chi connectivity index (χ2v) is 11.1. The molecule has 1 saturated heterocycles. The van der Waals surface area contributed by atoms with Gasteiger partial charge < -0.3 is 39.9 Å². The average Bonchev–Trinajstić information content (AvgIpc) is 3.66. The van der Waals surface area contributed by atoms with Crippen molar-refractivity contribution in [1.29, 1.82) is 0 Å². The van der Waals surface area contributed by atoms with Gasteiger partial charge in [-0.1, -0.05) is 78.6 Å². The molecule has 4 aromatic carbocycles. The zero-order chi connectivity index (χ0) is 33.0. The molecule has 1 aliphatic rings. The van der Waals surface area contributed by atoms with Gasteiger partial charge in [0, 0.05) is 11.8 Å². The summed E-state index contributed by atoms with van der Waals surface area (Å²) in [5, 5.41) is 25.2. The molecule has 0 saturated carbocycles. The van der Waals surface area contributed by atoms with Crippen LogP contribution in [0.5, 0.6) is 11.5 Å². The summed E-state index contributed by atoms with van der Waals surface area (Å²) >= 11 is 0. The van der Waals surface area contributed by atoms with Gasteiger partial charge in [-0.2, -0.15) is 4.57 Å². The number of nitrogens with two attached hydrogens (primary N) is 1. The maximum absolute atomic E-state index is 12.6.